The van der Waals surface area contributed by atoms with E-state index < -0.39 is 17.7 Å². The number of fused-ring (bicyclic) bond motifs is 1. The van der Waals surface area contributed by atoms with Crippen molar-refractivity contribution < 1.29 is 27.8 Å². The van der Waals surface area contributed by atoms with Crippen molar-refractivity contribution in [2.24, 2.45) is 0 Å². The van der Waals surface area contributed by atoms with Crippen molar-refractivity contribution in [2.45, 2.75) is 6.18 Å². The van der Waals surface area contributed by atoms with Crippen LogP contribution in [0.3, 0.4) is 0 Å². The van der Waals surface area contributed by atoms with Crippen molar-refractivity contribution in [3.8, 4) is 17.0 Å². The topological polar surface area (TPSA) is 87.6 Å². The minimum absolute atomic E-state index is 0.0848. The van der Waals surface area contributed by atoms with E-state index in [1.165, 1.54) is 18.2 Å². The van der Waals surface area contributed by atoms with E-state index in [-0.39, 0.29) is 29.4 Å². The molecule has 3 aromatic carbocycles. The van der Waals surface area contributed by atoms with E-state index in [2.05, 4.69) is 15.5 Å². The zero-order valence-electron chi connectivity index (χ0n) is 19.5. The lowest BCUT2D eigenvalue weighted by molar-refractivity contribution is -0.137. The molecule has 36 heavy (non-hydrogen) atoms. The highest BCUT2D eigenvalue weighted by Crippen LogP contribution is 2.36. The van der Waals surface area contributed by atoms with Gasteiger partial charge in [0, 0.05) is 34.6 Å². The van der Waals surface area contributed by atoms with Gasteiger partial charge in [0.1, 0.15) is 18.1 Å². The first-order chi connectivity index (χ1) is 17.1. The SMILES string of the molecule is CN(C)CCOc1cc(Nc2nnc(-c3ccc(C(=O)O)cc3)c3ccccc23)cc(C(F)(F)F)c1. The highest BCUT2D eigenvalue weighted by atomic mass is 19.4. The van der Waals surface area contributed by atoms with Gasteiger partial charge in [-0.05, 0) is 38.4 Å². The van der Waals surface area contributed by atoms with Crippen LogP contribution in [0.1, 0.15) is 15.9 Å². The number of carboxylic acids is 1. The Kier molecular flexibility index (Phi) is 7.07. The molecule has 186 valence electrons. The lowest BCUT2D eigenvalue weighted by Crippen LogP contribution is -2.19. The van der Waals surface area contributed by atoms with Crippen molar-refractivity contribution in [2.75, 3.05) is 32.6 Å². The number of hydrogen-bond donors (Lipinski definition) is 2. The van der Waals surface area contributed by atoms with Crippen molar-refractivity contribution in [3.05, 3.63) is 77.9 Å². The number of likely N-dealkylation sites (N-methyl/N-ethyl adjacent to an activating group) is 1. The van der Waals surface area contributed by atoms with Crippen LogP contribution in [0.25, 0.3) is 22.0 Å². The average Bonchev–Trinajstić information content (AvgIpc) is 2.83. The highest BCUT2D eigenvalue weighted by Gasteiger charge is 2.31. The Morgan fingerprint density at radius 1 is 1.00 bits per heavy atom. The van der Waals surface area contributed by atoms with Gasteiger partial charge in [-0.1, -0.05) is 36.4 Å². The lowest BCUT2D eigenvalue weighted by Gasteiger charge is -2.16. The van der Waals surface area contributed by atoms with Gasteiger partial charge >= 0.3 is 12.1 Å². The molecule has 0 radical (unpaired) electrons. The van der Waals surface area contributed by atoms with Gasteiger partial charge in [0.2, 0.25) is 0 Å². The highest BCUT2D eigenvalue weighted by molar-refractivity contribution is 6.01. The average molecular weight is 496 g/mol. The molecule has 4 aromatic rings. The number of nitrogens with one attached hydrogen (secondary N) is 1. The number of carbonyl (C=O) groups is 1. The van der Waals surface area contributed by atoms with Crippen LogP contribution in [-0.2, 0) is 6.18 Å². The number of aromatic nitrogens is 2. The molecule has 0 fully saturated rings. The summed E-state index contributed by atoms with van der Waals surface area (Å²) in [6.45, 7) is 0.774. The molecule has 10 heteroatoms. The van der Waals surface area contributed by atoms with E-state index in [0.29, 0.717) is 28.6 Å². The molecule has 1 aromatic heterocycles. The van der Waals surface area contributed by atoms with Gasteiger partial charge in [-0.25, -0.2) is 4.79 Å². The Hall–Kier alpha value is -4.18. The van der Waals surface area contributed by atoms with Crippen LogP contribution < -0.4 is 10.1 Å². The summed E-state index contributed by atoms with van der Waals surface area (Å²) < 4.78 is 46.2. The fourth-order valence-electron chi connectivity index (χ4n) is 3.58. The fraction of sp³-hybridized carbons (Fsp3) is 0.192. The molecule has 0 unspecified atom stereocenters. The molecule has 0 spiro atoms. The second-order valence-corrected chi connectivity index (χ2v) is 8.35. The molecule has 0 aliphatic heterocycles. The number of anilines is 2. The van der Waals surface area contributed by atoms with Crippen LogP contribution in [0.15, 0.2) is 66.7 Å². The number of nitrogens with zero attached hydrogens (tertiary/aromatic N) is 3. The van der Waals surface area contributed by atoms with E-state index in [1.54, 1.807) is 24.3 Å². The van der Waals surface area contributed by atoms with E-state index >= 15 is 0 Å². The molecular formula is C26H23F3N4O3. The van der Waals surface area contributed by atoms with E-state index in [0.717, 1.165) is 12.1 Å². The first-order valence-electron chi connectivity index (χ1n) is 11.0. The number of rotatable bonds is 8. The Bertz CT molecular complexity index is 1390. The number of ether oxygens (including phenoxy) is 1. The monoisotopic (exact) mass is 496 g/mol. The van der Waals surface area contributed by atoms with Gasteiger partial charge in [0.25, 0.3) is 0 Å². The van der Waals surface area contributed by atoms with Crippen LogP contribution in [0, 0.1) is 0 Å². The van der Waals surface area contributed by atoms with Crippen LogP contribution in [0.5, 0.6) is 5.75 Å². The predicted molar refractivity (Wildman–Crippen MR) is 131 cm³/mol. The predicted octanol–water partition coefficient (Wildman–Crippen LogP) is 5.70. The van der Waals surface area contributed by atoms with Gasteiger partial charge in [0.15, 0.2) is 5.82 Å². The van der Waals surface area contributed by atoms with Gasteiger partial charge in [-0.2, -0.15) is 13.2 Å². The maximum atomic E-state index is 13.6. The molecule has 1 heterocycles. The van der Waals surface area contributed by atoms with Crippen LogP contribution in [-0.4, -0.2) is 53.4 Å². The fourth-order valence-corrected chi connectivity index (χ4v) is 3.58. The summed E-state index contributed by atoms with van der Waals surface area (Å²) >= 11 is 0. The first kappa shape index (κ1) is 24.9. The second kappa shape index (κ2) is 10.2. The largest absolute Gasteiger partial charge is 0.492 e. The third-order valence-corrected chi connectivity index (χ3v) is 5.40. The third kappa shape index (κ3) is 5.72. The van der Waals surface area contributed by atoms with Crippen LogP contribution in [0.4, 0.5) is 24.7 Å². The number of benzene rings is 3. The number of carboxylic acid groups (broad SMARTS) is 1. The van der Waals surface area contributed by atoms with Gasteiger partial charge < -0.3 is 20.1 Å². The summed E-state index contributed by atoms with van der Waals surface area (Å²) in [5.41, 5.74) is 0.626. The Morgan fingerprint density at radius 3 is 2.33 bits per heavy atom. The second-order valence-electron chi connectivity index (χ2n) is 8.35. The molecule has 0 aliphatic carbocycles. The third-order valence-electron chi connectivity index (χ3n) is 5.40. The molecule has 4 rings (SSSR count). The van der Waals surface area contributed by atoms with E-state index in [4.69, 9.17) is 9.84 Å². The molecule has 0 amide bonds. The quantitative estimate of drug-likeness (QED) is 0.324. The summed E-state index contributed by atoms with van der Waals surface area (Å²) in [6, 6.07) is 16.9. The van der Waals surface area contributed by atoms with Crippen molar-refractivity contribution in [1.29, 1.82) is 0 Å². The van der Waals surface area contributed by atoms with E-state index in [1.807, 2.05) is 31.1 Å². The number of halogens is 3. The van der Waals surface area contributed by atoms with Crippen LogP contribution >= 0.6 is 0 Å². The Labute approximate surface area is 205 Å². The molecule has 0 aliphatic rings. The first-order valence-corrected chi connectivity index (χ1v) is 11.0. The van der Waals surface area contributed by atoms with Gasteiger partial charge in [-0.15, -0.1) is 10.2 Å². The maximum Gasteiger partial charge on any atom is 0.416 e. The summed E-state index contributed by atoms with van der Waals surface area (Å²) in [7, 11) is 3.69. The number of hydrogen-bond acceptors (Lipinski definition) is 6. The Balaban J connectivity index is 1.71. The summed E-state index contributed by atoms with van der Waals surface area (Å²) in [4.78, 5) is 13.0. The van der Waals surface area contributed by atoms with Crippen molar-refractivity contribution in [1.82, 2.24) is 15.1 Å². The number of alkyl halides is 3. The summed E-state index contributed by atoms with van der Waals surface area (Å²) in [5, 5.41) is 22.0. The molecule has 7 nitrogen and oxygen atoms in total. The van der Waals surface area contributed by atoms with Crippen molar-refractivity contribution in [3.63, 3.8) is 0 Å². The smallest absolute Gasteiger partial charge is 0.416 e. The zero-order valence-corrected chi connectivity index (χ0v) is 19.5. The van der Waals surface area contributed by atoms with E-state index in [9.17, 15) is 18.0 Å². The minimum atomic E-state index is -4.56. The van der Waals surface area contributed by atoms with Gasteiger partial charge in [0.05, 0.1) is 11.1 Å². The van der Waals surface area contributed by atoms with Crippen molar-refractivity contribution >= 4 is 28.2 Å². The Morgan fingerprint density at radius 2 is 1.69 bits per heavy atom. The lowest BCUT2D eigenvalue weighted by atomic mass is 10.0. The van der Waals surface area contributed by atoms with Gasteiger partial charge in [-0.3, -0.25) is 0 Å². The standard InChI is InChI=1S/C26H23F3N4O3/c1-33(2)11-12-36-20-14-18(26(27,28)29)13-19(15-20)30-24-22-6-4-3-5-21(22)23(31-32-24)16-7-9-17(10-8-16)25(34)35/h3-10,13-15H,11-12H2,1-2H3,(H,30,32)(H,34,35). The molecule has 0 bridgehead atoms. The molecule has 0 atom stereocenters. The summed E-state index contributed by atoms with van der Waals surface area (Å²) in [5.74, 6) is -0.681. The normalized spacial score (nSPS) is 11.6. The van der Waals surface area contributed by atoms with Crippen LogP contribution in [0.2, 0.25) is 0 Å². The molecule has 0 saturated heterocycles. The molecule has 2 N–H and O–H groups in total. The minimum Gasteiger partial charge on any atom is -0.492 e. The number of aromatic carboxylic acids is 1. The maximum absolute atomic E-state index is 13.6. The summed E-state index contributed by atoms with van der Waals surface area (Å²) in [6.07, 6.45) is -4.56. The molecular weight excluding hydrogens is 473 g/mol. The molecule has 0 saturated carbocycles. The zero-order chi connectivity index (χ0) is 25.9.